The summed E-state index contributed by atoms with van der Waals surface area (Å²) < 4.78 is 10.6. The molecule has 2 rings (SSSR count). The lowest BCUT2D eigenvalue weighted by Crippen LogP contribution is -2.28. The molecule has 0 saturated carbocycles. The van der Waals surface area contributed by atoms with E-state index in [2.05, 4.69) is 5.32 Å². The molecule has 0 unspecified atom stereocenters. The van der Waals surface area contributed by atoms with E-state index in [-0.39, 0.29) is 12.0 Å². The molecule has 0 spiro atoms. The second-order valence-electron chi connectivity index (χ2n) is 6.09. The molecule has 5 nitrogen and oxygen atoms in total. The van der Waals surface area contributed by atoms with Gasteiger partial charge in [0, 0.05) is 11.3 Å². The average Bonchev–Trinajstić information content (AvgIpc) is 2.57. The highest BCUT2D eigenvalue weighted by molar-refractivity contribution is 6.04. The molecule has 0 saturated heterocycles. The number of anilines is 1. The first-order chi connectivity index (χ1) is 11.8. The van der Waals surface area contributed by atoms with E-state index in [9.17, 15) is 9.59 Å². The van der Waals surface area contributed by atoms with Crippen molar-refractivity contribution in [3.8, 4) is 5.75 Å². The van der Waals surface area contributed by atoms with Gasteiger partial charge in [0.25, 0.3) is 5.91 Å². The van der Waals surface area contributed by atoms with Gasteiger partial charge in [-0.2, -0.15) is 0 Å². The van der Waals surface area contributed by atoms with Gasteiger partial charge in [-0.15, -0.1) is 0 Å². The summed E-state index contributed by atoms with van der Waals surface area (Å²) in [5.74, 6) is -0.126. The molecule has 0 bridgehead atoms. The highest BCUT2D eigenvalue weighted by Crippen LogP contribution is 2.16. The second kappa shape index (κ2) is 8.33. The van der Waals surface area contributed by atoms with Crippen LogP contribution in [0.5, 0.6) is 5.75 Å². The van der Waals surface area contributed by atoms with Crippen LogP contribution in [0.2, 0.25) is 0 Å². The van der Waals surface area contributed by atoms with Crippen LogP contribution in [0.1, 0.15) is 36.7 Å². The van der Waals surface area contributed by atoms with Gasteiger partial charge in [-0.05, 0) is 64.1 Å². The van der Waals surface area contributed by atoms with Crippen molar-refractivity contribution in [1.29, 1.82) is 0 Å². The summed E-state index contributed by atoms with van der Waals surface area (Å²) in [4.78, 5) is 24.0. The largest absolute Gasteiger partial charge is 0.479 e. The lowest BCUT2D eigenvalue weighted by Gasteiger charge is -2.16. The minimum absolute atomic E-state index is 0.189. The second-order valence-corrected chi connectivity index (χ2v) is 6.09. The molecule has 1 atom stereocenters. The number of amides is 1. The Balaban J connectivity index is 1.95. The molecule has 0 aliphatic carbocycles. The molecule has 0 fully saturated rings. The van der Waals surface area contributed by atoms with Gasteiger partial charge < -0.3 is 14.8 Å². The topological polar surface area (TPSA) is 64.6 Å². The Morgan fingerprint density at radius 2 is 1.52 bits per heavy atom. The molecular weight excluding hydrogens is 318 g/mol. The molecule has 0 aliphatic rings. The van der Waals surface area contributed by atoms with Crippen molar-refractivity contribution in [3.05, 3.63) is 59.7 Å². The predicted molar refractivity (Wildman–Crippen MR) is 96.9 cm³/mol. The summed E-state index contributed by atoms with van der Waals surface area (Å²) in [7, 11) is 0. The van der Waals surface area contributed by atoms with Crippen molar-refractivity contribution in [2.45, 2.75) is 39.9 Å². The Labute approximate surface area is 148 Å². The summed E-state index contributed by atoms with van der Waals surface area (Å²) in [6.07, 6.45) is -0.902. The molecule has 1 amide bonds. The van der Waals surface area contributed by atoms with E-state index in [1.54, 1.807) is 45.0 Å². The van der Waals surface area contributed by atoms with Gasteiger partial charge in [0.05, 0.1) is 6.10 Å². The molecule has 0 radical (unpaired) electrons. The Morgan fingerprint density at radius 1 is 0.920 bits per heavy atom. The number of hydrogen-bond acceptors (Lipinski definition) is 4. The van der Waals surface area contributed by atoms with E-state index in [4.69, 9.17) is 9.47 Å². The number of benzene rings is 2. The van der Waals surface area contributed by atoms with Crippen molar-refractivity contribution < 1.29 is 19.1 Å². The van der Waals surface area contributed by atoms with Crippen LogP contribution >= 0.6 is 0 Å². The monoisotopic (exact) mass is 341 g/mol. The maximum atomic E-state index is 12.2. The Kier molecular flexibility index (Phi) is 6.17. The molecule has 5 heteroatoms. The zero-order chi connectivity index (χ0) is 18.4. The molecule has 0 aliphatic heterocycles. The van der Waals surface area contributed by atoms with E-state index in [1.807, 2.05) is 31.2 Å². The molecule has 25 heavy (non-hydrogen) atoms. The van der Waals surface area contributed by atoms with Gasteiger partial charge in [-0.1, -0.05) is 17.7 Å². The van der Waals surface area contributed by atoms with Crippen LogP contribution in [0.25, 0.3) is 0 Å². The number of esters is 1. The average molecular weight is 341 g/mol. The minimum atomic E-state index is -0.713. The van der Waals surface area contributed by atoms with E-state index >= 15 is 0 Å². The van der Waals surface area contributed by atoms with Crippen molar-refractivity contribution >= 4 is 17.6 Å². The van der Waals surface area contributed by atoms with E-state index in [1.165, 1.54) is 0 Å². The molecule has 0 heterocycles. The Bertz CT molecular complexity index is 720. The summed E-state index contributed by atoms with van der Waals surface area (Å²) in [6, 6.07) is 14.2. The number of aryl methyl sites for hydroxylation is 1. The van der Waals surface area contributed by atoms with Crippen LogP contribution < -0.4 is 10.1 Å². The van der Waals surface area contributed by atoms with E-state index in [0.29, 0.717) is 11.3 Å². The number of rotatable bonds is 6. The Hall–Kier alpha value is -2.82. The number of carbonyl (C=O) groups excluding carboxylic acids is 2. The highest BCUT2D eigenvalue weighted by Gasteiger charge is 2.17. The lowest BCUT2D eigenvalue weighted by molar-refractivity contribution is -0.154. The van der Waals surface area contributed by atoms with Crippen LogP contribution in [0, 0.1) is 6.92 Å². The quantitative estimate of drug-likeness (QED) is 0.808. The number of ether oxygens (including phenoxy) is 2. The van der Waals surface area contributed by atoms with Crippen molar-refractivity contribution in [2.75, 3.05) is 5.32 Å². The SMILES string of the molecule is Cc1ccc(NC(=O)c2ccc(O[C@H](C)C(=O)OC(C)C)cc2)cc1. The normalized spacial score (nSPS) is 11.7. The lowest BCUT2D eigenvalue weighted by atomic mass is 10.2. The van der Waals surface area contributed by atoms with Gasteiger partial charge in [-0.25, -0.2) is 4.79 Å². The first-order valence-electron chi connectivity index (χ1n) is 8.20. The third-order valence-corrected chi connectivity index (χ3v) is 3.42. The van der Waals surface area contributed by atoms with Crippen LogP contribution in [-0.2, 0) is 9.53 Å². The predicted octanol–water partition coefficient (Wildman–Crippen LogP) is 3.97. The molecule has 2 aromatic rings. The number of hydrogen-bond donors (Lipinski definition) is 1. The summed E-state index contributed by atoms with van der Waals surface area (Å²) in [5, 5.41) is 2.83. The fourth-order valence-electron chi connectivity index (χ4n) is 2.11. The summed E-state index contributed by atoms with van der Waals surface area (Å²) in [5.41, 5.74) is 2.37. The molecule has 132 valence electrons. The van der Waals surface area contributed by atoms with Crippen LogP contribution in [0.15, 0.2) is 48.5 Å². The fourth-order valence-corrected chi connectivity index (χ4v) is 2.11. The molecule has 1 N–H and O–H groups in total. The number of carbonyl (C=O) groups is 2. The minimum Gasteiger partial charge on any atom is -0.479 e. The Morgan fingerprint density at radius 3 is 2.08 bits per heavy atom. The highest BCUT2D eigenvalue weighted by atomic mass is 16.6. The van der Waals surface area contributed by atoms with E-state index < -0.39 is 12.1 Å². The maximum absolute atomic E-state index is 12.2. The van der Waals surface area contributed by atoms with Crippen molar-refractivity contribution in [2.24, 2.45) is 0 Å². The van der Waals surface area contributed by atoms with Gasteiger partial charge in [0.1, 0.15) is 5.75 Å². The maximum Gasteiger partial charge on any atom is 0.347 e. The standard InChI is InChI=1S/C20H23NO4/c1-13(2)24-20(23)15(4)25-18-11-7-16(8-12-18)19(22)21-17-9-5-14(3)6-10-17/h5-13,15H,1-4H3,(H,21,22)/t15-/m1/s1. The summed E-state index contributed by atoms with van der Waals surface area (Å²) in [6.45, 7) is 7.18. The molecule has 2 aromatic carbocycles. The van der Waals surface area contributed by atoms with Gasteiger partial charge in [-0.3, -0.25) is 4.79 Å². The third-order valence-electron chi connectivity index (χ3n) is 3.42. The van der Waals surface area contributed by atoms with E-state index in [0.717, 1.165) is 11.3 Å². The molecular formula is C20H23NO4. The van der Waals surface area contributed by atoms with Gasteiger partial charge >= 0.3 is 5.97 Å². The summed E-state index contributed by atoms with van der Waals surface area (Å²) >= 11 is 0. The zero-order valence-corrected chi connectivity index (χ0v) is 14.9. The molecule has 0 aromatic heterocycles. The van der Waals surface area contributed by atoms with Gasteiger partial charge in [0.2, 0.25) is 0 Å². The zero-order valence-electron chi connectivity index (χ0n) is 14.9. The van der Waals surface area contributed by atoms with Crippen molar-refractivity contribution in [3.63, 3.8) is 0 Å². The first-order valence-corrected chi connectivity index (χ1v) is 8.20. The fraction of sp³-hybridized carbons (Fsp3) is 0.300. The number of nitrogens with one attached hydrogen (secondary N) is 1. The smallest absolute Gasteiger partial charge is 0.347 e. The third kappa shape index (κ3) is 5.64. The first kappa shape index (κ1) is 18.5. The van der Waals surface area contributed by atoms with Crippen LogP contribution in [0.3, 0.4) is 0 Å². The van der Waals surface area contributed by atoms with Crippen molar-refractivity contribution in [1.82, 2.24) is 0 Å². The van der Waals surface area contributed by atoms with Crippen LogP contribution in [-0.4, -0.2) is 24.1 Å². The van der Waals surface area contributed by atoms with Gasteiger partial charge in [0.15, 0.2) is 6.10 Å². The van der Waals surface area contributed by atoms with Crippen LogP contribution in [0.4, 0.5) is 5.69 Å².